The maximum Gasteiger partial charge on any atom is 0.142 e. The van der Waals surface area contributed by atoms with E-state index in [-0.39, 0.29) is 10.8 Å². The smallest absolute Gasteiger partial charge is 0.142 e. The molecule has 134 valence electrons. The van der Waals surface area contributed by atoms with Crippen LogP contribution in [0.4, 0.5) is 4.39 Å². The van der Waals surface area contributed by atoms with Crippen LogP contribution in [0.15, 0.2) is 66.7 Å². The van der Waals surface area contributed by atoms with Crippen LogP contribution in [0.5, 0.6) is 0 Å². The molecule has 0 amide bonds. The first-order chi connectivity index (χ1) is 12.7. The zero-order valence-electron chi connectivity index (χ0n) is 15.1. The van der Waals surface area contributed by atoms with Gasteiger partial charge in [-0.1, -0.05) is 79.5 Å². The van der Waals surface area contributed by atoms with Gasteiger partial charge in [0.05, 0.1) is 5.02 Å². The van der Waals surface area contributed by atoms with Gasteiger partial charge >= 0.3 is 0 Å². The van der Waals surface area contributed by atoms with E-state index in [1.54, 1.807) is 6.07 Å². The number of hydrogen-bond acceptors (Lipinski definition) is 0. The number of benzene rings is 3. The number of halogens is 2. The lowest BCUT2D eigenvalue weighted by Gasteiger charge is -2.07. The molecule has 26 heavy (non-hydrogen) atoms. The molecule has 0 N–H and O–H groups in total. The van der Waals surface area contributed by atoms with Crippen LogP contribution in [-0.4, -0.2) is 0 Å². The first kappa shape index (κ1) is 18.7. The van der Waals surface area contributed by atoms with Crippen molar-refractivity contribution in [3.8, 4) is 11.1 Å². The Balaban J connectivity index is 1.59. The highest BCUT2D eigenvalue weighted by molar-refractivity contribution is 6.30. The van der Waals surface area contributed by atoms with Gasteiger partial charge in [-0.2, -0.15) is 0 Å². The molecule has 0 atom stereocenters. The van der Waals surface area contributed by atoms with Gasteiger partial charge in [0.2, 0.25) is 0 Å². The van der Waals surface area contributed by atoms with Crippen molar-refractivity contribution in [3.05, 3.63) is 94.3 Å². The van der Waals surface area contributed by atoms with E-state index in [1.807, 2.05) is 18.2 Å². The molecule has 0 heterocycles. The molecular weight excluding hydrogens is 343 g/mol. The molecule has 3 rings (SSSR count). The highest BCUT2D eigenvalue weighted by Gasteiger charge is 2.04. The van der Waals surface area contributed by atoms with Gasteiger partial charge in [-0.3, -0.25) is 0 Å². The minimum absolute atomic E-state index is 0.158. The Morgan fingerprint density at radius 2 is 1.19 bits per heavy atom. The van der Waals surface area contributed by atoms with Gasteiger partial charge < -0.3 is 0 Å². The van der Waals surface area contributed by atoms with Crippen molar-refractivity contribution in [3.63, 3.8) is 0 Å². The number of aryl methyl sites for hydroxylation is 3. The lowest BCUT2D eigenvalue weighted by atomic mass is 9.99. The Hall–Kier alpha value is -2.12. The van der Waals surface area contributed by atoms with Gasteiger partial charge in [0.15, 0.2) is 0 Å². The molecule has 3 aromatic carbocycles. The Morgan fingerprint density at radius 1 is 0.692 bits per heavy atom. The van der Waals surface area contributed by atoms with Gasteiger partial charge in [0, 0.05) is 0 Å². The van der Waals surface area contributed by atoms with E-state index in [2.05, 4.69) is 43.3 Å². The fourth-order valence-corrected chi connectivity index (χ4v) is 3.20. The Labute approximate surface area is 160 Å². The highest BCUT2D eigenvalue weighted by Crippen LogP contribution is 2.24. The summed E-state index contributed by atoms with van der Waals surface area (Å²) in [7, 11) is 0. The second-order valence-electron chi connectivity index (χ2n) is 6.75. The summed E-state index contributed by atoms with van der Waals surface area (Å²) in [5.41, 5.74) is 5.94. The molecule has 0 aliphatic heterocycles. The summed E-state index contributed by atoms with van der Waals surface area (Å²) in [6.07, 6.45) is 5.69. The average Bonchev–Trinajstić information content (AvgIpc) is 2.68. The van der Waals surface area contributed by atoms with Crippen LogP contribution in [0.3, 0.4) is 0 Å². The van der Waals surface area contributed by atoms with E-state index in [0.29, 0.717) is 0 Å². The van der Waals surface area contributed by atoms with E-state index >= 15 is 0 Å². The maximum atomic E-state index is 13.6. The van der Waals surface area contributed by atoms with Gasteiger partial charge in [0.1, 0.15) is 5.82 Å². The SMILES string of the molecule is CCCCc1ccc(CCc2ccc(-c3ccc(Cl)c(F)c3)cc2)cc1. The lowest BCUT2D eigenvalue weighted by Crippen LogP contribution is -1.93. The molecule has 3 aromatic rings. The average molecular weight is 367 g/mol. The maximum absolute atomic E-state index is 13.6. The van der Waals surface area contributed by atoms with Crippen LogP contribution in [0.1, 0.15) is 36.5 Å². The summed E-state index contributed by atoms with van der Waals surface area (Å²) in [5, 5.41) is 0.158. The van der Waals surface area contributed by atoms with E-state index in [1.165, 1.54) is 42.0 Å². The minimum atomic E-state index is -0.379. The van der Waals surface area contributed by atoms with Gasteiger partial charge in [0.25, 0.3) is 0 Å². The number of hydrogen-bond donors (Lipinski definition) is 0. The molecule has 2 heteroatoms. The largest absolute Gasteiger partial charge is 0.205 e. The Morgan fingerprint density at radius 3 is 1.73 bits per heavy atom. The normalized spacial score (nSPS) is 10.9. The molecule has 0 radical (unpaired) electrons. The van der Waals surface area contributed by atoms with Crippen LogP contribution in [-0.2, 0) is 19.3 Å². The molecule has 0 bridgehead atoms. The molecule has 0 aromatic heterocycles. The molecule has 0 saturated heterocycles. The van der Waals surface area contributed by atoms with Crippen molar-refractivity contribution in [2.24, 2.45) is 0 Å². The van der Waals surface area contributed by atoms with Crippen molar-refractivity contribution >= 4 is 11.6 Å². The quantitative estimate of drug-likeness (QED) is 0.412. The molecule has 0 saturated carbocycles. The fraction of sp³-hybridized carbons (Fsp3) is 0.250. The third-order valence-electron chi connectivity index (χ3n) is 4.75. The summed E-state index contributed by atoms with van der Waals surface area (Å²) >= 11 is 5.75. The van der Waals surface area contributed by atoms with Crippen LogP contribution >= 0.6 is 11.6 Å². The fourth-order valence-electron chi connectivity index (χ4n) is 3.08. The molecular formula is C24H24ClF. The van der Waals surface area contributed by atoms with E-state index < -0.39 is 0 Å². The third-order valence-corrected chi connectivity index (χ3v) is 5.06. The van der Waals surface area contributed by atoms with Gasteiger partial charge in [-0.25, -0.2) is 4.39 Å². The summed E-state index contributed by atoms with van der Waals surface area (Å²) in [6, 6.07) is 22.3. The Bertz CT molecular complexity index is 835. The highest BCUT2D eigenvalue weighted by atomic mass is 35.5. The molecule has 0 aliphatic carbocycles. The topological polar surface area (TPSA) is 0 Å². The number of unbranched alkanes of at least 4 members (excludes halogenated alkanes) is 1. The Kier molecular flexibility index (Phi) is 6.46. The molecule has 0 unspecified atom stereocenters. The summed E-state index contributed by atoms with van der Waals surface area (Å²) in [5.74, 6) is -0.379. The first-order valence-electron chi connectivity index (χ1n) is 9.28. The van der Waals surface area contributed by atoms with E-state index in [9.17, 15) is 4.39 Å². The molecule has 0 spiro atoms. The van der Waals surface area contributed by atoms with Crippen molar-refractivity contribution in [2.75, 3.05) is 0 Å². The molecule has 0 fully saturated rings. The summed E-state index contributed by atoms with van der Waals surface area (Å²) in [4.78, 5) is 0. The van der Waals surface area contributed by atoms with Crippen molar-refractivity contribution in [1.82, 2.24) is 0 Å². The monoisotopic (exact) mass is 366 g/mol. The number of rotatable bonds is 7. The zero-order chi connectivity index (χ0) is 18.4. The zero-order valence-corrected chi connectivity index (χ0v) is 15.9. The lowest BCUT2D eigenvalue weighted by molar-refractivity contribution is 0.629. The standard InChI is InChI=1S/C24H24ClF/c1-2-3-4-18-5-7-19(8-6-18)9-10-20-11-13-21(14-12-20)22-15-16-23(25)24(26)17-22/h5-8,11-17H,2-4,9-10H2,1H3. The second-order valence-corrected chi connectivity index (χ2v) is 7.15. The predicted molar refractivity (Wildman–Crippen MR) is 109 cm³/mol. The third kappa shape index (κ3) is 4.95. The van der Waals surface area contributed by atoms with Crippen molar-refractivity contribution in [1.29, 1.82) is 0 Å². The second kappa shape index (κ2) is 9.00. The van der Waals surface area contributed by atoms with Crippen LogP contribution in [0.2, 0.25) is 5.02 Å². The van der Waals surface area contributed by atoms with Crippen LogP contribution in [0, 0.1) is 5.82 Å². The summed E-state index contributed by atoms with van der Waals surface area (Å²) < 4.78 is 13.6. The van der Waals surface area contributed by atoms with Crippen molar-refractivity contribution < 1.29 is 4.39 Å². The minimum Gasteiger partial charge on any atom is -0.205 e. The van der Waals surface area contributed by atoms with E-state index in [0.717, 1.165) is 24.0 Å². The van der Waals surface area contributed by atoms with Crippen LogP contribution < -0.4 is 0 Å². The van der Waals surface area contributed by atoms with Gasteiger partial charge in [-0.15, -0.1) is 0 Å². The molecule has 0 aliphatic rings. The van der Waals surface area contributed by atoms with Crippen molar-refractivity contribution in [2.45, 2.75) is 39.0 Å². The van der Waals surface area contributed by atoms with E-state index in [4.69, 9.17) is 11.6 Å². The molecule has 0 nitrogen and oxygen atoms in total. The first-order valence-corrected chi connectivity index (χ1v) is 9.65. The van der Waals surface area contributed by atoms with Gasteiger partial charge in [-0.05, 0) is 65.6 Å². The van der Waals surface area contributed by atoms with Crippen LogP contribution in [0.25, 0.3) is 11.1 Å². The summed E-state index contributed by atoms with van der Waals surface area (Å²) in [6.45, 7) is 2.23. The predicted octanol–water partition coefficient (Wildman–Crippen LogP) is 7.27.